The molecule has 0 spiro atoms. The highest BCUT2D eigenvalue weighted by Crippen LogP contribution is 2.05. The van der Waals surface area contributed by atoms with Gasteiger partial charge in [0.05, 0.1) is 12.2 Å². The van der Waals surface area contributed by atoms with Crippen molar-refractivity contribution in [1.29, 1.82) is 0 Å². The minimum Gasteiger partial charge on any atom is -0.444 e. The molecule has 1 aromatic heterocycles. The van der Waals surface area contributed by atoms with E-state index in [1.165, 1.54) is 0 Å². The SMILES string of the molecule is CCNC(=NCc1ccnn1C)NCCNC(=O)OC(C)(C)C.I. The fourth-order valence-electron chi connectivity index (χ4n) is 1.72. The average Bonchev–Trinajstić information content (AvgIpc) is 2.84. The number of rotatable bonds is 6. The van der Waals surface area contributed by atoms with Gasteiger partial charge < -0.3 is 20.7 Å². The number of alkyl carbamates (subject to hydrolysis) is 1. The fourth-order valence-corrected chi connectivity index (χ4v) is 1.72. The summed E-state index contributed by atoms with van der Waals surface area (Å²) in [6, 6.07) is 1.93. The second kappa shape index (κ2) is 11.1. The molecule has 0 bridgehead atoms. The number of aryl methyl sites for hydroxylation is 1. The summed E-state index contributed by atoms with van der Waals surface area (Å²) < 4.78 is 6.96. The van der Waals surface area contributed by atoms with Crippen LogP contribution in [0.5, 0.6) is 0 Å². The lowest BCUT2D eigenvalue weighted by Crippen LogP contribution is -2.42. The van der Waals surface area contributed by atoms with Gasteiger partial charge in [0.2, 0.25) is 0 Å². The monoisotopic (exact) mass is 452 g/mol. The Hall–Kier alpha value is -1.52. The van der Waals surface area contributed by atoms with E-state index >= 15 is 0 Å². The van der Waals surface area contributed by atoms with Crippen molar-refractivity contribution in [3.8, 4) is 0 Å². The van der Waals surface area contributed by atoms with E-state index in [9.17, 15) is 4.79 Å². The third-order valence-corrected chi connectivity index (χ3v) is 2.75. The van der Waals surface area contributed by atoms with E-state index in [1.54, 1.807) is 10.9 Å². The number of amides is 1. The Morgan fingerprint density at radius 1 is 1.29 bits per heavy atom. The summed E-state index contributed by atoms with van der Waals surface area (Å²) in [6.45, 7) is 9.79. The van der Waals surface area contributed by atoms with Crippen LogP contribution in [0.3, 0.4) is 0 Å². The van der Waals surface area contributed by atoms with Gasteiger partial charge in [-0.2, -0.15) is 5.10 Å². The number of carbonyl (C=O) groups excluding carboxylic acids is 1. The summed E-state index contributed by atoms with van der Waals surface area (Å²) in [6.07, 6.45) is 1.33. The van der Waals surface area contributed by atoms with Crippen LogP contribution in [0, 0.1) is 0 Å². The Morgan fingerprint density at radius 3 is 2.50 bits per heavy atom. The molecule has 8 nitrogen and oxygen atoms in total. The van der Waals surface area contributed by atoms with Gasteiger partial charge in [-0.1, -0.05) is 0 Å². The minimum absolute atomic E-state index is 0. The normalized spacial score (nSPS) is 11.5. The van der Waals surface area contributed by atoms with Crippen LogP contribution in [0.4, 0.5) is 4.79 Å². The van der Waals surface area contributed by atoms with Crippen molar-refractivity contribution in [3.05, 3.63) is 18.0 Å². The second-order valence-electron chi connectivity index (χ2n) is 6.00. The molecule has 0 aliphatic carbocycles. The first-order valence-electron chi connectivity index (χ1n) is 7.77. The summed E-state index contributed by atoms with van der Waals surface area (Å²) in [7, 11) is 1.88. The molecular formula is C15H29IN6O2. The molecule has 3 N–H and O–H groups in total. The number of aliphatic imine (C=N–C) groups is 1. The molecule has 0 unspecified atom stereocenters. The molecule has 0 aliphatic heterocycles. The van der Waals surface area contributed by atoms with Crippen molar-refractivity contribution in [3.63, 3.8) is 0 Å². The van der Waals surface area contributed by atoms with Crippen molar-refractivity contribution < 1.29 is 9.53 Å². The van der Waals surface area contributed by atoms with Crippen LogP contribution in [0.15, 0.2) is 17.3 Å². The van der Waals surface area contributed by atoms with Gasteiger partial charge in [-0.15, -0.1) is 24.0 Å². The first kappa shape index (κ1) is 22.5. The van der Waals surface area contributed by atoms with E-state index in [4.69, 9.17) is 4.74 Å². The predicted molar refractivity (Wildman–Crippen MR) is 106 cm³/mol. The maximum atomic E-state index is 11.5. The molecule has 1 rings (SSSR count). The Labute approximate surface area is 160 Å². The zero-order valence-corrected chi connectivity index (χ0v) is 17.4. The third kappa shape index (κ3) is 9.58. The molecule has 1 amide bonds. The van der Waals surface area contributed by atoms with Gasteiger partial charge in [0.25, 0.3) is 0 Å². The second-order valence-corrected chi connectivity index (χ2v) is 6.00. The highest BCUT2D eigenvalue weighted by Gasteiger charge is 2.15. The van der Waals surface area contributed by atoms with Crippen LogP contribution < -0.4 is 16.0 Å². The Kier molecular flexibility index (Phi) is 10.4. The van der Waals surface area contributed by atoms with Crippen molar-refractivity contribution >= 4 is 36.0 Å². The number of carbonyl (C=O) groups is 1. The largest absolute Gasteiger partial charge is 0.444 e. The maximum Gasteiger partial charge on any atom is 0.407 e. The van der Waals surface area contributed by atoms with Crippen molar-refractivity contribution in [2.75, 3.05) is 19.6 Å². The molecule has 0 aromatic carbocycles. The first-order valence-corrected chi connectivity index (χ1v) is 7.77. The molecule has 0 aliphatic rings. The summed E-state index contributed by atoms with van der Waals surface area (Å²) in [4.78, 5) is 16.0. The average molecular weight is 452 g/mol. The molecule has 1 heterocycles. The third-order valence-electron chi connectivity index (χ3n) is 2.75. The van der Waals surface area contributed by atoms with Crippen LogP contribution in [0.2, 0.25) is 0 Å². The zero-order chi connectivity index (χ0) is 17.3. The Balaban J connectivity index is 0.00000529. The van der Waals surface area contributed by atoms with Crippen LogP contribution in [0.25, 0.3) is 0 Å². The molecule has 1 aromatic rings. The summed E-state index contributed by atoms with van der Waals surface area (Å²) in [5, 5.41) is 13.1. The molecule has 0 radical (unpaired) electrons. The highest BCUT2D eigenvalue weighted by molar-refractivity contribution is 14.0. The van der Waals surface area contributed by atoms with E-state index in [0.717, 1.165) is 12.2 Å². The molecule has 0 atom stereocenters. The molecule has 0 saturated heterocycles. The summed E-state index contributed by atoms with van der Waals surface area (Å²) >= 11 is 0. The number of nitrogens with one attached hydrogen (secondary N) is 3. The van der Waals surface area contributed by atoms with Crippen molar-refractivity contribution in [1.82, 2.24) is 25.7 Å². The van der Waals surface area contributed by atoms with E-state index in [1.807, 2.05) is 40.8 Å². The smallest absolute Gasteiger partial charge is 0.407 e. The van der Waals surface area contributed by atoms with Crippen LogP contribution >= 0.6 is 24.0 Å². The number of aromatic nitrogens is 2. The van der Waals surface area contributed by atoms with Gasteiger partial charge in [-0.25, -0.2) is 9.79 Å². The predicted octanol–water partition coefficient (Wildman–Crippen LogP) is 1.62. The topological polar surface area (TPSA) is 92.6 Å². The van der Waals surface area contributed by atoms with E-state index in [-0.39, 0.29) is 24.0 Å². The number of hydrogen-bond donors (Lipinski definition) is 3. The Morgan fingerprint density at radius 2 is 1.96 bits per heavy atom. The van der Waals surface area contributed by atoms with E-state index in [2.05, 4.69) is 26.0 Å². The quantitative estimate of drug-likeness (QED) is 0.264. The van der Waals surface area contributed by atoms with Crippen LogP contribution in [0.1, 0.15) is 33.4 Å². The van der Waals surface area contributed by atoms with Crippen LogP contribution in [-0.2, 0) is 18.3 Å². The molecule has 0 saturated carbocycles. The maximum absolute atomic E-state index is 11.5. The highest BCUT2D eigenvalue weighted by atomic mass is 127. The molecular weight excluding hydrogens is 423 g/mol. The van der Waals surface area contributed by atoms with Crippen molar-refractivity contribution in [2.24, 2.45) is 12.0 Å². The first-order chi connectivity index (χ1) is 10.8. The van der Waals surface area contributed by atoms with Crippen LogP contribution in [-0.4, -0.2) is 47.1 Å². The number of ether oxygens (including phenoxy) is 1. The van der Waals surface area contributed by atoms with Gasteiger partial charge in [0.15, 0.2) is 5.96 Å². The van der Waals surface area contributed by atoms with Gasteiger partial charge in [0.1, 0.15) is 5.60 Å². The number of guanidine groups is 1. The van der Waals surface area contributed by atoms with Gasteiger partial charge in [-0.05, 0) is 33.8 Å². The summed E-state index contributed by atoms with van der Waals surface area (Å²) in [5.74, 6) is 0.694. The van der Waals surface area contributed by atoms with Gasteiger partial charge in [0, 0.05) is 32.9 Å². The Bertz CT molecular complexity index is 524. The minimum atomic E-state index is -0.489. The van der Waals surface area contributed by atoms with Gasteiger partial charge in [-0.3, -0.25) is 4.68 Å². The summed E-state index contributed by atoms with van der Waals surface area (Å²) in [5.41, 5.74) is 0.533. The lowest BCUT2D eigenvalue weighted by molar-refractivity contribution is 0.0529. The number of halogens is 1. The van der Waals surface area contributed by atoms with E-state index < -0.39 is 11.7 Å². The number of nitrogens with zero attached hydrogens (tertiary/aromatic N) is 3. The molecule has 24 heavy (non-hydrogen) atoms. The molecule has 138 valence electrons. The number of hydrogen-bond acceptors (Lipinski definition) is 4. The lowest BCUT2D eigenvalue weighted by atomic mass is 10.2. The van der Waals surface area contributed by atoms with E-state index in [0.29, 0.717) is 25.6 Å². The standard InChI is InChI=1S/C15H28N6O2.HI/c1-6-16-13(19-11-12-7-8-20-21(12)5)17-9-10-18-14(22)23-15(2,3)4;/h7-8H,6,9-11H2,1-5H3,(H,18,22)(H2,16,17,19);1H. The van der Waals surface area contributed by atoms with Crippen molar-refractivity contribution in [2.45, 2.75) is 39.8 Å². The molecule has 0 fully saturated rings. The molecule has 9 heteroatoms. The lowest BCUT2D eigenvalue weighted by Gasteiger charge is -2.19. The van der Waals surface area contributed by atoms with Gasteiger partial charge >= 0.3 is 6.09 Å². The zero-order valence-electron chi connectivity index (χ0n) is 15.0. The fraction of sp³-hybridized carbons (Fsp3) is 0.667.